The highest BCUT2D eigenvalue weighted by atomic mass is 32.1. The quantitative estimate of drug-likeness (QED) is 0.466. The summed E-state index contributed by atoms with van der Waals surface area (Å²) in [6, 6.07) is 0. The number of nitrogens with one attached hydrogen (secondary N) is 1. The number of hydrogen-bond acceptors (Lipinski definition) is 3. The normalized spacial score (nSPS) is 9.00. The van der Waals surface area contributed by atoms with Crippen molar-refractivity contribution in [2.24, 2.45) is 11.5 Å². The van der Waals surface area contributed by atoms with Crippen molar-refractivity contribution in [3.8, 4) is 0 Å². The van der Waals surface area contributed by atoms with Gasteiger partial charge in [0.05, 0.1) is 11.4 Å². The third-order valence-electron chi connectivity index (χ3n) is 1.03. The second kappa shape index (κ2) is 5.48. The zero-order valence-corrected chi connectivity index (χ0v) is 7.32. The number of nitrogens with two attached hydrogens (primary N) is 2. The lowest BCUT2D eigenvalue weighted by molar-refractivity contribution is -0.120. The molecule has 0 aliphatic carbocycles. The summed E-state index contributed by atoms with van der Waals surface area (Å²) in [6.07, 6.45) is 0.136. The molecule has 68 valence electrons. The minimum Gasteiger partial charge on any atom is -0.393 e. The highest BCUT2D eigenvalue weighted by Crippen LogP contribution is 1.80. The van der Waals surface area contributed by atoms with Crippen LogP contribution in [0.25, 0.3) is 0 Å². The van der Waals surface area contributed by atoms with Gasteiger partial charge in [-0.3, -0.25) is 9.59 Å². The summed E-state index contributed by atoms with van der Waals surface area (Å²) in [4.78, 5) is 21.2. The first-order valence-corrected chi connectivity index (χ1v) is 3.76. The molecule has 0 aliphatic rings. The molecule has 0 radical (unpaired) electrons. The van der Waals surface area contributed by atoms with Crippen LogP contribution < -0.4 is 16.8 Å². The van der Waals surface area contributed by atoms with Crippen LogP contribution in [0.5, 0.6) is 0 Å². The van der Waals surface area contributed by atoms with E-state index in [1.165, 1.54) is 0 Å². The van der Waals surface area contributed by atoms with Crippen molar-refractivity contribution in [2.45, 2.75) is 12.8 Å². The van der Waals surface area contributed by atoms with Crippen LogP contribution in [0.2, 0.25) is 0 Å². The molecule has 12 heavy (non-hydrogen) atoms. The zero-order chi connectivity index (χ0) is 9.56. The second-order valence-electron chi connectivity index (χ2n) is 2.21. The lowest BCUT2D eigenvalue weighted by Crippen LogP contribution is -2.30. The molecular weight excluding hydrogens is 178 g/mol. The monoisotopic (exact) mass is 189 g/mol. The molecule has 0 spiro atoms. The van der Waals surface area contributed by atoms with Gasteiger partial charge < -0.3 is 16.8 Å². The van der Waals surface area contributed by atoms with Crippen LogP contribution in [0.3, 0.4) is 0 Å². The Morgan fingerprint density at radius 3 is 2.33 bits per heavy atom. The van der Waals surface area contributed by atoms with E-state index in [1.54, 1.807) is 0 Å². The Morgan fingerprint density at radius 2 is 1.92 bits per heavy atom. The van der Waals surface area contributed by atoms with E-state index in [9.17, 15) is 9.59 Å². The molecule has 0 aromatic carbocycles. The summed E-state index contributed by atoms with van der Waals surface area (Å²) in [5, 5.41) is 2.44. The molecule has 5 N–H and O–H groups in total. The van der Waals surface area contributed by atoms with E-state index < -0.39 is 5.91 Å². The van der Waals surface area contributed by atoms with Gasteiger partial charge in [-0.2, -0.15) is 0 Å². The number of rotatable bonds is 5. The Kier molecular flexibility index (Phi) is 4.94. The minimum absolute atomic E-state index is 0.00803. The fourth-order valence-corrected chi connectivity index (χ4v) is 0.677. The first-order chi connectivity index (χ1) is 5.52. The number of carbonyl (C=O) groups excluding carboxylic acids is 2. The van der Waals surface area contributed by atoms with Crippen molar-refractivity contribution in [3.05, 3.63) is 0 Å². The van der Waals surface area contributed by atoms with Gasteiger partial charge in [-0.15, -0.1) is 0 Å². The topological polar surface area (TPSA) is 98.2 Å². The van der Waals surface area contributed by atoms with Crippen molar-refractivity contribution < 1.29 is 9.59 Å². The average Bonchev–Trinajstić information content (AvgIpc) is 1.84. The second-order valence-corrected chi connectivity index (χ2v) is 2.73. The molecule has 0 rings (SSSR count). The molecule has 2 amide bonds. The Morgan fingerprint density at radius 1 is 1.33 bits per heavy atom. The molecule has 0 aromatic heterocycles. The van der Waals surface area contributed by atoms with E-state index in [-0.39, 0.29) is 30.3 Å². The maximum atomic E-state index is 10.8. The summed E-state index contributed by atoms with van der Waals surface area (Å²) >= 11 is 4.50. The molecule has 0 fully saturated rings. The molecular formula is C6H11N3O2S. The van der Waals surface area contributed by atoms with Gasteiger partial charge >= 0.3 is 0 Å². The first kappa shape index (κ1) is 10.8. The average molecular weight is 189 g/mol. The van der Waals surface area contributed by atoms with Crippen molar-refractivity contribution >= 4 is 29.0 Å². The molecule has 0 aromatic rings. The smallest absolute Gasteiger partial charge is 0.226 e. The first-order valence-electron chi connectivity index (χ1n) is 3.35. The predicted octanol–water partition coefficient (Wildman–Crippen LogP) is -1.35. The van der Waals surface area contributed by atoms with Gasteiger partial charge in [-0.1, -0.05) is 12.2 Å². The van der Waals surface area contributed by atoms with Gasteiger partial charge in [-0.25, -0.2) is 0 Å². The fraction of sp³-hybridized carbons (Fsp3) is 0.500. The summed E-state index contributed by atoms with van der Waals surface area (Å²) in [5.74, 6) is -0.741. The Balaban J connectivity index is 3.44. The summed E-state index contributed by atoms with van der Waals surface area (Å²) in [5.41, 5.74) is 9.94. The zero-order valence-electron chi connectivity index (χ0n) is 6.50. The molecule has 0 saturated carbocycles. The van der Waals surface area contributed by atoms with E-state index in [0.29, 0.717) is 0 Å². The van der Waals surface area contributed by atoms with Crippen LogP contribution in [0.4, 0.5) is 0 Å². The number of amides is 2. The number of primary amides is 1. The van der Waals surface area contributed by atoms with Crippen LogP contribution in [-0.2, 0) is 9.59 Å². The van der Waals surface area contributed by atoms with Crippen LogP contribution in [-0.4, -0.2) is 23.3 Å². The highest BCUT2D eigenvalue weighted by Gasteiger charge is 2.02. The van der Waals surface area contributed by atoms with Crippen molar-refractivity contribution in [2.75, 3.05) is 6.54 Å². The van der Waals surface area contributed by atoms with Crippen LogP contribution in [0.15, 0.2) is 0 Å². The third-order valence-corrected chi connectivity index (χ3v) is 1.17. The largest absolute Gasteiger partial charge is 0.393 e. The Hall–Kier alpha value is -1.17. The van der Waals surface area contributed by atoms with Crippen molar-refractivity contribution in [3.63, 3.8) is 0 Å². The van der Waals surface area contributed by atoms with Gasteiger partial charge in [-0.05, 0) is 0 Å². The maximum Gasteiger partial charge on any atom is 0.226 e. The van der Waals surface area contributed by atoms with Gasteiger partial charge in [0.15, 0.2) is 0 Å². The lowest BCUT2D eigenvalue weighted by atomic mass is 10.3. The van der Waals surface area contributed by atoms with Crippen LogP contribution in [0.1, 0.15) is 12.8 Å². The predicted molar refractivity (Wildman–Crippen MR) is 48.2 cm³/mol. The summed E-state index contributed by atoms with van der Waals surface area (Å²) < 4.78 is 0. The van der Waals surface area contributed by atoms with E-state index in [4.69, 9.17) is 11.5 Å². The Labute approximate surface area is 75.5 Å². The van der Waals surface area contributed by atoms with Gasteiger partial charge in [0, 0.05) is 13.0 Å². The minimum atomic E-state index is -0.453. The van der Waals surface area contributed by atoms with Gasteiger partial charge in [0.1, 0.15) is 0 Å². The molecule has 0 heterocycles. The van der Waals surface area contributed by atoms with E-state index in [0.717, 1.165) is 0 Å². The Bertz CT molecular complexity index is 205. The van der Waals surface area contributed by atoms with Crippen molar-refractivity contribution in [1.29, 1.82) is 0 Å². The number of thiocarbonyl (C=S) groups is 1. The fourth-order valence-electron chi connectivity index (χ4n) is 0.546. The SMILES string of the molecule is NC(=O)CCNC(=O)CC(N)=S. The molecule has 0 saturated heterocycles. The molecule has 0 atom stereocenters. The standard InChI is InChI=1S/C6H11N3O2S/c7-4(10)1-2-9-6(11)3-5(8)12/h1-3H2,(H2,7,10)(H2,8,12)(H,9,11). The molecule has 0 unspecified atom stereocenters. The molecule has 0 aliphatic heterocycles. The van der Waals surface area contributed by atoms with E-state index >= 15 is 0 Å². The summed E-state index contributed by atoms with van der Waals surface area (Å²) in [7, 11) is 0. The third kappa shape index (κ3) is 6.94. The molecule has 6 heteroatoms. The summed E-state index contributed by atoms with van der Waals surface area (Å²) in [6.45, 7) is 0.233. The van der Waals surface area contributed by atoms with Crippen molar-refractivity contribution in [1.82, 2.24) is 5.32 Å². The van der Waals surface area contributed by atoms with Crippen LogP contribution >= 0.6 is 12.2 Å². The number of hydrogen-bond donors (Lipinski definition) is 3. The maximum absolute atomic E-state index is 10.8. The molecule has 5 nitrogen and oxygen atoms in total. The molecule has 0 bridgehead atoms. The van der Waals surface area contributed by atoms with Crippen LogP contribution in [0, 0.1) is 0 Å². The number of carbonyl (C=O) groups is 2. The highest BCUT2D eigenvalue weighted by molar-refractivity contribution is 7.80. The van der Waals surface area contributed by atoms with E-state index in [1.807, 2.05) is 0 Å². The lowest BCUT2D eigenvalue weighted by Gasteiger charge is -2.01. The van der Waals surface area contributed by atoms with Gasteiger partial charge in [0.25, 0.3) is 0 Å². The van der Waals surface area contributed by atoms with Gasteiger partial charge in [0.2, 0.25) is 11.8 Å². The van der Waals surface area contributed by atoms with E-state index in [2.05, 4.69) is 17.5 Å².